The number of benzene rings is 1. The molecule has 1 aliphatic carbocycles. The summed E-state index contributed by atoms with van der Waals surface area (Å²) in [6, 6.07) is 7.39. The van der Waals surface area contributed by atoms with E-state index < -0.39 is 0 Å². The first-order valence-corrected chi connectivity index (χ1v) is 6.36. The van der Waals surface area contributed by atoms with Gasteiger partial charge in [0, 0.05) is 17.4 Å². The Morgan fingerprint density at radius 3 is 2.72 bits per heavy atom. The van der Waals surface area contributed by atoms with Gasteiger partial charge in [-0.3, -0.25) is 20.4 Å². The Balaban J connectivity index is 1.69. The zero-order valence-electron chi connectivity index (χ0n) is 9.91. The molecule has 1 saturated carbocycles. The molecule has 0 atom stereocenters. The van der Waals surface area contributed by atoms with Gasteiger partial charge in [-0.2, -0.15) is 0 Å². The van der Waals surface area contributed by atoms with Crippen LogP contribution in [0, 0.1) is 5.92 Å². The van der Waals surface area contributed by atoms with Crippen molar-refractivity contribution in [2.24, 2.45) is 5.92 Å². The molecular weight excluding hydrogens is 252 g/mol. The minimum atomic E-state index is -0.191. The molecule has 0 bridgehead atoms. The van der Waals surface area contributed by atoms with Crippen LogP contribution in [0.4, 0.5) is 0 Å². The van der Waals surface area contributed by atoms with Gasteiger partial charge in [-0.1, -0.05) is 23.7 Å². The van der Waals surface area contributed by atoms with Crippen molar-refractivity contribution in [1.82, 2.24) is 10.9 Å². The fraction of sp³-hybridized carbons (Fsp3) is 0.385. The lowest BCUT2D eigenvalue weighted by molar-refractivity contribution is -0.129. The number of hydrogen-bond acceptors (Lipinski definition) is 2. The Labute approximate surface area is 111 Å². The summed E-state index contributed by atoms with van der Waals surface area (Å²) in [6.07, 6.45) is 2.77. The minimum Gasteiger partial charge on any atom is -0.273 e. The molecule has 0 heterocycles. The van der Waals surface area contributed by atoms with Crippen LogP contribution in [0.5, 0.6) is 0 Å². The fourth-order valence-electron chi connectivity index (χ4n) is 1.59. The molecule has 1 aromatic carbocycles. The second kappa shape index (κ2) is 5.87. The lowest BCUT2D eigenvalue weighted by atomic mass is 10.1. The van der Waals surface area contributed by atoms with E-state index in [1.807, 2.05) is 18.2 Å². The summed E-state index contributed by atoms with van der Waals surface area (Å²) in [6.45, 7) is 0. The first-order valence-electron chi connectivity index (χ1n) is 5.98. The molecule has 0 aromatic heterocycles. The average Bonchev–Trinajstić information content (AvgIpc) is 3.17. The Morgan fingerprint density at radius 1 is 1.28 bits per heavy atom. The largest absolute Gasteiger partial charge is 0.273 e. The molecule has 0 saturated heterocycles. The number of hydrazine groups is 1. The highest BCUT2D eigenvalue weighted by Crippen LogP contribution is 2.28. The molecule has 4 nitrogen and oxygen atoms in total. The zero-order valence-corrected chi connectivity index (χ0v) is 10.7. The van der Waals surface area contributed by atoms with Gasteiger partial charge in [0.25, 0.3) is 0 Å². The van der Waals surface area contributed by atoms with Gasteiger partial charge in [0.15, 0.2) is 0 Å². The summed E-state index contributed by atoms with van der Waals surface area (Å²) in [4.78, 5) is 22.8. The monoisotopic (exact) mass is 266 g/mol. The van der Waals surface area contributed by atoms with Crippen LogP contribution in [-0.2, 0) is 16.0 Å². The summed E-state index contributed by atoms with van der Waals surface area (Å²) >= 11 is 5.85. The van der Waals surface area contributed by atoms with Crippen molar-refractivity contribution in [2.75, 3.05) is 0 Å². The standard InChI is InChI=1S/C13H15ClN2O2/c14-11-3-1-2-9(8-11)4-7-12(17)15-16-13(18)10-5-6-10/h1-3,8,10H,4-7H2,(H,15,17)(H,16,18). The number of amides is 2. The van der Waals surface area contributed by atoms with Crippen molar-refractivity contribution in [1.29, 1.82) is 0 Å². The van der Waals surface area contributed by atoms with Crippen molar-refractivity contribution >= 4 is 23.4 Å². The van der Waals surface area contributed by atoms with Gasteiger partial charge in [0.05, 0.1) is 0 Å². The van der Waals surface area contributed by atoms with Crippen LogP contribution in [0.2, 0.25) is 5.02 Å². The molecule has 0 radical (unpaired) electrons. The summed E-state index contributed by atoms with van der Waals surface area (Å²) in [5.74, 6) is -0.187. The van der Waals surface area contributed by atoms with Gasteiger partial charge in [-0.05, 0) is 37.0 Å². The molecule has 1 fully saturated rings. The van der Waals surface area contributed by atoms with Crippen LogP contribution in [0.1, 0.15) is 24.8 Å². The van der Waals surface area contributed by atoms with Gasteiger partial charge >= 0.3 is 0 Å². The van der Waals surface area contributed by atoms with Gasteiger partial charge < -0.3 is 0 Å². The van der Waals surface area contributed by atoms with E-state index in [0.29, 0.717) is 17.9 Å². The molecule has 0 aliphatic heterocycles. The van der Waals surface area contributed by atoms with Crippen LogP contribution in [0.15, 0.2) is 24.3 Å². The number of rotatable bonds is 4. The minimum absolute atomic E-state index is 0.0916. The number of carbonyl (C=O) groups is 2. The number of hydrogen-bond donors (Lipinski definition) is 2. The molecule has 96 valence electrons. The van der Waals surface area contributed by atoms with Crippen molar-refractivity contribution in [3.05, 3.63) is 34.9 Å². The van der Waals surface area contributed by atoms with Crippen LogP contribution >= 0.6 is 11.6 Å². The van der Waals surface area contributed by atoms with Crippen molar-refractivity contribution < 1.29 is 9.59 Å². The number of halogens is 1. The molecular formula is C13H15ClN2O2. The summed E-state index contributed by atoms with van der Waals surface area (Å²) in [5, 5.41) is 0.662. The van der Waals surface area contributed by atoms with Crippen molar-refractivity contribution in [3.63, 3.8) is 0 Å². The number of aryl methyl sites for hydroxylation is 1. The molecule has 1 aromatic rings. The molecule has 1 aliphatic rings. The Hall–Kier alpha value is -1.55. The molecule has 2 amide bonds. The lowest BCUT2D eigenvalue weighted by Gasteiger charge is -2.06. The second-order valence-electron chi connectivity index (χ2n) is 4.44. The van der Waals surface area contributed by atoms with Crippen LogP contribution in [0.3, 0.4) is 0 Å². The summed E-state index contributed by atoms with van der Waals surface area (Å²) in [5.41, 5.74) is 5.85. The number of carbonyl (C=O) groups excluding carboxylic acids is 2. The third kappa shape index (κ3) is 4.04. The second-order valence-corrected chi connectivity index (χ2v) is 4.88. The third-order valence-electron chi connectivity index (χ3n) is 2.80. The van der Waals surface area contributed by atoms with Crippen molar-refractivity contribution in [2.45, 2.75) is 25.7 Å². The first kappa shape index (κ1) is 12.9. The first-order chi connectivity index (χ1) is 8.65. The molecule has 0 unspecified atom stereocenters. The van der Waals surface area contributed by atoms with E-state index >= 15 is 0 Å². The van der Waals surface area contributed by atoms with Crippen LogP contribution in [-0.4, -0.2) is 11.8 Å². The molecule has 2 N–H and O–H groups in total. The van der Waals surface area contributed by atoms with E-state index in [4.69, 9.17) is 11.6 Å². The maximum absolute atomic E-state index is 11.5. The van der Waals surface area contributed by atoms with Crippen molar-refractivity contribution in [3.8, 4) is 0 Å². The predicted octanol–water partition coefficient (Wildman–Crippen LogP) is 1.83. The van der Waals surface area contributed by atoms with Crippen LogP contribution in [0.25, 0.3) is 0 Å². The Kier molecular flexibility index (Phi) is 4.20. The van der Waals surface area contributed by atoms with E-state index in [1.54, 1.807) is 6.07 Å². The smallest absolute Gasteiger partial charge is 0.241 e. The predicted molar refractivity (Wildman–Crippen MR) is 68.8 cm³/mol. The number of nitrogens with one attached hydrogen (secondary N) is 2. The molecule has 18 heavy (non-hydrogen) atoms. The zero-order chi connectivity index (χ0) is 13.0. The van der Waals surface area contributed by atoms with E-state index in [-0.39, 0.29) is 17.7 Å². The molecule has 2 rings (SSSR count). The Bertz CT molecular complexity index is 458. The van der Waals surface area contributed by atoms with Gasteiger partial charge in [-0.25, -0.2) is 0 Å². The summed E-state index contributed by atoms with van der Waals surface area (Å²) < 4.78 is 0. The summed E-state index contributed by atoms with van der Waals surface area (Å²) in [7, 11) is 0. The van der Waals surface area contributed by atoms with E-state index in [2.05, 4.69) is 10.9 Å². The molecule has 0 spiro atoms. The lowest BCUT2D eigenvalue weighted by Crippen LogP contribution is -2.42. The maximum Gasteiger partial charge on any atom is 0.241 e. The third-order valence-corrected chi connectivity index (χ3v) is 3.04. The highest BCUT2D eigenvalue weighted by Gasteiger charge is 2.29. The maximum atomic E-state index is 11.5. The average molecular weight is 267 g/mol. The Morgan fingerprint density at radius 2 is 2.06 bits per heavy atom. The van der Waals surface area contributed by atoms with Gasteiger partial charge in [0.2, 0.25) is 11.8 Å². The normalized spacial score (nSPS) is 14.1. The topological polar surface area (TPSA) is 58.2 Å². The van der Waals surface area contributed by atoms with Gasteiger partial charge in [0.1, 0.15) is 0 Å². The van der Waals surface area contributed by atoms with Gasteiger partial charge in [-0.15, -0.1) is 0 Å². The highest BCUT2D eigenvalue weighted by atomic mass is 35.5. The fourth-order valence-corrected chi connectivity index (χ4v) is 1.80. The quantitative estimate of drug-likeness (QED) is 0.817. The van der Waals surface area contributed by atoms with E-state index in [0.717, 1.165) is 18.4 Å². The van der Waals surface area contributed by atoms with E-state index in [9.17, 15) is 9.59 Å². The van der Waals surface area contributed by atoms with E-state index in [1.165, 1.54) is 0 Å². The van der Waals surface area contributed by atoms with Crippen LogP contribution < -0.4 is 10.9 Å². The molecule has 5 heteroatoms. The SMILES string of the molecule is O=C(CCc1cccc(Cl)c1)NNC(=O)C1CC1. The highest BCUT2D eigenvalue weighted by molar-refractivity contribution is 6.30.